The van der Waals surface area contributed by atoms with Crippen LogP contribution in [0.2, 0.25) is 5.02 Å². The van der Waals surface area contributed by atoms with Crippen LogP contribution in [0.3, 0.4) is 0 Å². The highest BCUT2D eigenvalue weighted by Gasteiger charge is 2.20. The average molecular weight is 493 g/mol. The van der Waals surface area contributed by atoms with Crippen molar-refractivity contribution in [1.82, 2.24) is 15.6 Å². The van der Waals surface area contributed by atoms with Crippen molar-refractivity contribution in [2.45, 2.75) is 39.7 Å². The lowest BCUT2D eigenvalue weighted by Crippen LogP contribution is -2.43. The van der Waals surface area contributed by atoms with Crippen LogP contribution in [-0.4, -0.2) is 24.0 Å². The van der Waals surface area contributed by atoms with E-state index in [4.69, 9.17) is 11.6 Å². The van der Waals surface area contributed by atoms with E-state index in [0.717, 1.165) is 29.1 Å². The van der Waals surface area contributed by atoms with E-state index in [-0.39, 0.29) is 29.4 Å². The zero-order valence-corrected chi connectivity index (χ0v) is 19.0. The Hall–Kier alpha value is -0.860. The smallest absolute Gasteiger partial charge is 0.191 e. The van der Waals surface area contributed by atoms with Crippen molar-refractivity contribution in [1.29, 1.82) is 0 Å². The molecule has 1 aromatic heterocycles. The van der Waals surface area contributed by atoms with Gasteiger partial charge in [0, 0.05) is 34.6 Å². The van der Waals surface area contributed by atoms with Crippen LogP contribution in [0.25, 0.3) is 0 Å². The van der Waals surface area contributed by atoms with Crippen LogP contribution < -0.4 is 10.6 Å². The molecule has 0 fully saturated rings. The summed E-state index contributed by atoms with van der Waals surface area (Å²) in [4.78, 5) is 10.2. The minimum atomic E-state index is -0.0292. The van der Waals surface area contributed by atoms with Gasteiger partial charge in [-0.2, -0.15) is 0 Å². The molecule has 0 radical (unpaired) electrons. The molecule has 0 atom stereocenters. The number of aliphatic imine (C=N–C) groups is 1. The summed E-state index contributed by atoms with van der Waals surface area (Å²) in [6.45, 7) is 10.7. The molecule has 0 aliphatic heterocycles. The standard InChI is InChI=1S/C18H25ClN4S.HI/c1-5-20-17(22-11-16-21-10-13(2)24-16)23-12-18(3,4)14-6-8-15(19)9-7-14;/h6-10H,5,11-12H2,1-4H3,(H2,20,22,23);1H. The second-order valence-corrected chi connectivity index (χ2v) is 8.06. The average Bonchev–Trinajstić information content (AvgIpc) is 2.96. The van der Waals surface area contributed by atoms with Crippen molar-refractivity contribution < 1.29 is 0 Å². The molecule has 1 aromatic carbocycles. The van der Waals surface area contributed by atoms with Gasteiger partial charge in [0.1, 0.15) is 5.01 Å². The van der Waals surface area contributed by atoms with Gasteiger partial charge < -0.3 is 10.6 Å². The number of hydrogen-bond acceptors (Lipinski definition) is 3. The van der Waals surface area contributed by atoms with Gasteiger partial charge in [0.2, 0.25) is 0 Å². The van der Waals surface area contributed by atoms with Gasteiger partial charge in [0.05, 0.1) is 6.54 Å². The Balaban J connectivity index is 0.00000312. The molecule has 0 saturated heterocycles. The number of nitrogens with zero attached hydrogens (tertiary/aromatic N) is 2. The molecule has 1 heterocycles. The van der Waals surface area contributed by atoms with Gasteiger partial charge in [0.25, 0.3) is 0 Å². The Kier molecular flexibility index (Phi) is 9.16. The van der Waals surface area contributed by atoms with Crippen molar-refractivity contribution in [3.05, 3.63) is 50.9 Å². The first kappa shape index (κ1) is 22.2. The Bertz CT molecular complexity index is 683. The molecule has 2 aromatic rings. The number of nitrogens with one attached hydrogen (secondary N) is 2. The first-order valence-electron chi connectivity index (χ1n) is 8.10. The van der Waals surface area contributed by atoms with E-state index in [0.29, 0.717) is 6.54 Å². The van der Waals surface area contributed by atoms with Gasteiger partial charge in [-0.05, 0) is 31.5 Å². The fraction of sp³-hybridized carbons (Fsp3) is 0.444. The number of aryl methyl sites for hydroxylation is 1. The molecule has 4 nitrogen and oxygen atoms in total. The maximum absolute atomic E-state index is 5.98. The summed E-state index contributed by atoms with van der Waals surface area (Å²) >= 11 is 7.67. The molecule has 25 heavy (non-hydrogen) atoms. The Morgan fingerprint density at radius 2 is 1.92 bits per heavy atom. The monoisotopic (exact) mass is 492 g/mol. The number of aromatic nitrogens is 1. The van der Waals surface area contributed by atoms with E-state index in [9.17, 15) is 0 Å². The molecule has 2 rings (SSSR count). The van der Waals surface area contributed by atoms with E-state index >= 15 is 0 Å². The second-order valence-electron chi connectivity index (χ2n) is 6.30. The van der Waals surface area contributed by atoms with Crippen molar-refractivity contribution in [3.63, 3.8) is 0 Å². The van der Waals surface area contributed by atoms with Gasteiger partial charge in [-0.3, -0.25) is 0 Å². The Morgan fingerprint density at radius 3 is 2.48 bits per heavy atom. The SMILES string of the molecule is CCNC(=NCc1ncc(C)s1)NCC(C)(C)c1ccc(Cl)cc1.I. The molecule has 138 valence electrons. The van der Waals surface area contributed by atoms with E-state index in [1.165, 1.54) is 10.4 Å². The second kappa shape index (κ2) is 10.3. The molecule has 0 saturated carbocycles. The largest absolute Gasteiger partial charge is 0.357 e. The normalized spacial score (nSPS) is 11.8. The Morgan fingerprint density at radius 1 is 1.24 bits per heavy atom. The summed E-state index contributed by atoms with van der Waals surface area (Å²) < 4.78 is 0. The van der Waals surface area contributed by atoms with Crippen LogP contribution in [0.1, 0.15) is 36.2 Å². The van der Waals surface area contributed by atoms with Gasteiger partial charge in [-0.1, -0.05) is 37.6 Å². The number of benzene rings is 1. The first-order valence-corrected chi connectivity index (χ1v) is 9.29. The minimum absolute atomic E-state index is 0. The number of guanidine groups is 1. The summed E-state index contributed by atoms with van der Waals surface area (Å²) in [5.41, 5.74) is 1.21. The van der Waals surface area contributed by atoms with E-state index in [2.05, 4.69) is 60.4 Å². The first-order chi connectivity index (χ1) is 11.4. The maximum atomic E-state index is 5.98. The van der Waals surface area contributed by atoms with Crippen LogP contribution in [-0.2, 0) is 12.0 Å². The van der Waals surface area contributed by atoms with Crippen molar-refractivity contribution >= 4 is 52.9 Å². The van der Waals surface area contributed by atoms with E-state index in [1.54, 1.807) is 11.3 Å². The van der Waals surface area contributed by atoms with Crippen LogP contribution in [0, 0.1) is 6.92 Å². The quantitative estimate of drug-likeness (QED) is 0.347. The molecule has 0 amide bonds. The zero-order chi connectivity index (χ0) is 17.6. The fourth-order valence-corrected chi connectivity index (χ4v) is 3.11. The highest BCUT2D eigenvalue weighted by Crippen LogP contribution is 2.23. The number of halogens is 2. The summed E-state index contributed by atoms with van der Waals surface area (Å²) in [5.74, 6) is 0.812. The molecular formula is C18H26ClIN4S. The van der Waals surface area contributed by atoms with E-state index < -0.39 is 0 Å². The lowest BCUT2D eigenvalue weighted by Gasteiger charge is -2.27. The number of rotatable bonds is 6. The van der Waals surface area contributed by atoms with E-state index in [1.807, 2.05) is 18.3 Å². The molecule has 0 spiro atoms. The summed E-state index contributed by atoms with van der Waals surface area (Å²) in [6.07, 6.45) is 1.89. The van der Waals surface area contributed by atoms with Gasteiger partial charge in [-0.15, -0.1) is 35.3 Å². The highest BCUT2D eigenvalue weighted by atomic mass is 127. The van der Waals surface area contributed by atoms with Crippen LogP contribution >= 0.6 is 46.9 Å². The third kappa shape index (κ3) is 7.11. The lowest BCUT2D eigenvalue weighted by molar-refractivity contribution is 0.508. The topological polar surface area (TPSA) is 49.3 Å². The fourth-order valence-electron chi connectivity index (χ4n) is 2.27. The van der Waals surface area contributed by atoms with Gasteiger partial charge in [0.15, 0.2) is 5.96 Å². The summed E-state index contributed by atoms with van der Waals surface area (Å²) in [6, 6.07) is 8.02. The maximum Gasteiger partial charge on any atom is 0.191 e. The van der Waals surface area contributed by atoms with Crippen molar-refractivity contribution in [2.75, 3.05) is 13.1 Å². The van der Waals surface area contributed by atoms with Crippen LogP contribution in [0.15, 0.2) is 35.5 Å². The van der Waals surface area contributed by atoms with Crippen LogP contribution in [0.4, 0.5) is 0 Å². The molecular weight excluding hydrogens is 467 g/mol. The molecule has 7 heteroatoms. The molecule has 0 aliphatic rings. The predicted octanol–water partition coefficient (Wildman–Crippen LogP) is 4.76. The number of hydrogen-bond donors (Lipinski definition) is 2. The molecule has 2 N–H and O–H groups in total. The minimum Gasteiger partial charge on any atom is -0.357 e. The third-order valence-electron chi connectivity index (χ3n) is 3.71. The Labute approximate surface area is 176 Å². The number of thiazole rings is 1. The summed E-state index contributed by atoms with van der Waals surface area (Å²) in [7, 11) is 0. The third-order valence-corrected chi connectivity index (χ3v) is 4.86. The molecule has 0 aliphatic carbocycles. The zero-order valence-electron chi connectivity index (χ0n) is 15.1. The molecule has 0 unspecified atom stereocenters. The lowest BCUT2D eigenvalue weighted by atomic mass is 9.85. The highest BCUT2D eigenvalue weighted by molar-refractivity contribution is 14.0. The van der Waals surface area contributed by atoms with Crippen LogP contribution in [0.5, 0.6) is 0 Å². The van der Waals surface area contributed by atoms with Gasteiger partial charge >= 0.3 is 0 Å². The molecule has 0 bridgehead atoms. The summed E-state index contributed by atoms with van der Waals surface area (Å²) in [5, 5.41) is 8.51. The van der Waals surface area contributed by atoms with Crippen molar-refractivity contribution in [2.24, 2.45) is 4.99 Å². The van der Waals surface area contributed by atoms with Crippen molar-refractivity contribution in [3.8, 4) is 0 Å². The predicted molar refractivity (Wildman–Crippen MR) is 120 cm³/mol. The van der Waals surface area contributed by atoms with Gasteiger partial charge in [-0.25, -0.2) is 9.98 Å².